The molecule has 1 aromatic carbocycles. The van der Waals surface area contributed by atoms with E-state index >= 15 is 0 Å². The third kappa shape index (κ3) is 2.25. The minimum Gasteiger partial charge on any atom is -0.427 e. The van der Waals surface area contributed by atoms with Crippen molar-refractivity contribution in [2.75, 3.05) is 0 Å². The summed E-state index contributed by atoms with van der Waals surface area (Å²) in [5, 5.41) is 0. The van der Waals surface area contributed by atoms with Gasteiger partial charge in [-0.1, -0.05) is 25.1 Å². The van der Waals surface area contributed by atoms with Crippen molar-refractivity contribution in [3.8, 4) is 5.75 Å². The maximum atomic E-state index is 12.7. The van der Waals surface area contributed by atoms with Crippen molar-refractivity contribution in [1.29, 1.82) is 0 Å². The molecule has 0 amide bonds. The highest BCUT2D eigenvalue weighted by Gasteiger charge is 2.49. The first-order valence-corrected chi connectivity index (χ1v) is 8.51. The Morgan fingerprint density at radius 2 is 2.17 bits per heavy atom. The molecule has 1 fully saturated rings. The number of hydrogen-bond acceptors (Lipinski definition) is 3. The maximum Gasteiger partial charge on any atom is 0.308 e. The smallest absolute Gasteiger partial charge is 0.308 e. The molecule has 0 saturated heterocycles. The summed E-state index contributed by atoms with van der Waals surface area (Å²) in [5.41, 5.74) is 2.20. The van der Waals surface area contributed by atoms with Gasteiger partial charge in [0.05, 0.1) is 0 Å². The van der Waals surface area contributed by atoms with Gasteiger partial charge in [0.2, 0.25) is 0 Å². The minimum absolute atomic E-state index is 0.200. The van der Waals surface area contributed by atoms with Crippen LogP contribution in [0.5, 0.6) is 5.75 Å². The van der Waals surface area contributed by atoms with Gasteiger partial charge in [0, 0.05) is 18.9 Å². The van der Waals surface area contributed by atoms with Crippen LogP contribution in [0.1, 0.15) is 61.4 Å². The lowest BCUT2D eigenvalue weighted by Gasteiger charge is -2.48. The van der Waals surface area contributed by atoms with E-state index in [0.717, 1.165) is 24.0 Å². The van der Waals surface area contributed by atoms with Crippen LogP contribution >= 0.6 is 0 Å². The number of ether oxygens (including phenoxy) is 1. The third-order valence-electron chi connectivity index (χ3n) is 6.17. The molecule has 120 valence electrons. The summed E-state index contributed by atoms with van der Waals surface area (Å²) in [5.74, 6) is 1.83. The Hall–Kier alpha value is -1.90. The molecule has 0 spiro atoms. The third-order valence-corrected chi connectivity index (χ3v) is 6.17. The monoisotopic (exact) mass is 310 g/mol. The fourth-order valence-corrected chi connectivity index (χ4v) is 5.09. The first kappa shape index (κ1) is 14.7. The van der Waals surface area contributed by atoms with Crippen molar-refractivity contribution in [3.05, 3.63) is 41.5 Å². The lowest BCUT2D eigenvalue weighted by atomic mass is 9.55. The Bertz CT molecular complexity index is 718. The lowest BCUT2D eigenvalue weighted by Crippen LogP contribution is -2.41. The average molecular weight is 310 g/mol. The van der Waals surface area contributed by atoms with Gasteiger partial charge in [-0.05, 0) is 60.1 Å². The normalized spacial score (nSPS) is 34.5. The van der Waals surface area contributed by atoms with Gasteiger partial charge in [-0.15, -0.1) is 0 Å². The predicted octanol–water partition coefficient (Wildman–Crippen LogP) is 4.27. The molecule has 3 nitrogen and oxygen atoms in total. The van der Waals surface area contributed by atoms with Gasteiger partial charge in [0.15, 0.2) is 5.78 Å². The van der Waals surface area contributed by atoms with Crippen LogP contribution in [0.15, 0.2) is 30.4 Å². The zero-order chi connectivity index (χ0) is 16.2. The van der Waals surface area contributed by atoms with Gasteiger partial charge in [-0.3, -0.25) is 9.59 Å². The number of rotatable bonds is 1. The first-order valence-electron chi connectivity index (χ1n) is 8.51. The van der Waals surface area contributed by atoms with Gasteiger partial charge >= 0.3 is 5.97 Å². The van der Waals surface area contributed by atoms with E-state index in [9.17, 15) is 9.59 Å². The van der Waals surface area contributed by atoms with E-state index in [2.05, 4.69) is 19.1 Å². The van der Waals surface area contributed by atoms with E-state index in [0.29, 0.717) is 29.9 Å². The molecule has 1 aromatic rings. The summed E-state index contributed by atoms with van der Waals surface area (Å²) in [6.07, 6.45) is 8.73. The number of carbonyl (C=O) groups is 2. The van der Waals surface area contributed by atoms with Crippen LogP contribution in [0.3, 0.4) is 0 Å². The average Bonchev–Trinajstić information content (AvgIpc) is 2.89. The zero-order valence-electron chi connectivity index (χ0n) is 13.7. The SMILES string of the molecule is CC(=O)Oc1ccc2c(c1)C(=O)CC1C2CC[C@]2(C)C=CCC12. The molecule has 0 aromatic heterocycles. The Kier molecular flexibility index (Phi) is 3.22. The molecule has 0 N–H and O–H groups in total. The highest BCUT2D eigenvalue weighted by molar-refractivity contribution is 5.99. The Morgan fingerprint density at radius 1 is 1.35 bits per heavy atom. The number of Topliss-reactive ketones (excluding diaryl/α,β-unsaturated/α-hetero) is 1. The van der Waals surface area contributed by atoms with E-state index in [1.54, 1.807) is 6.07 Å². The number of carbonyl (C=O) groups excluding carboxylic acids is 2. The van der Waals surface area contributed by atoms with Gasteiger partial charge in [-0.25, -0.2) is 0 Å². The van der Waals surface area contributed by atoms with Crippen molar-refractivity contribution < 1.29 is 14.3 Å². The van der Waals surface area contributed by atoms with E-state index in [-0.39, 0.29) is 17.2 Å². The van der Waals surface area contributed by atoms with Crippen LogP contribution in [-0.2, 0) is 4.79 Å². The molecule has 4 rings (SSSR count). The largest absolute Gasteiger partial charge is 0.427 e. The van der Waals surface area contributed by atoms with Crippen molar-refractivity contribution in [1.82, 2.24) is 0 Å². The summed E-state index contributed by atoms with van der Waals surface area (Å²) in [7, 11) is 0. The zero-order valence-corrected chi connectivity index (χ0v) is 13.7. The van der Waals surface area contributed by atoms with Gasteiger partial charge < -0.3 is 4.74 Å². The van der Waals surface area contributed by atoms with Crippen LogP contribution in [0.4, 0.5) is 0 Å². The molecule has 0 radical (unpaired) electrons. The number of allylic oxidation sites excluding steroid dienone is 2. The van der Waals surface area contributed by atoms with Gasteiger partial charge in [0.25, 0.3) is 0 Å². The van der Waals surface area contributed by atoms with Crippen LogP contribution in [0.25, 0.3) is 0 Å². The Balaban J connectivity index is 1.71. The van der Waals surface area contributed by atoms with Gasteiger partial charge in [-0.2, -0.15) is 0 Å². The van der Waals surface area contributed by atoms with Crippen molar-refractivity contribution >= 4 is 11.8 Å². The van der Waals surface area contributed by atoms with E-state index in [4.69, 9.17) is 4.74 Å². The topological polar surface area (TPSA) is 43.4 Å². The van der Waals surface area contributed by atoms with E-state index in [1.807, 2.05) is 12.1 Å². The molecule has 3 heteroatoms. The number of benzene rings is 1. The molecule has 3 aliphatic rings. The molecule has 3 unspecified atom stereocenters. The second kappa shape index (κ2) is 5.05. The Morgan fingerprint density at radius 3 is 2.96 bits per heavy atom. The van der Waals surface area contributed by atoms with Crippen LogP contribution < -0.4 is 4.74 Å². The van der Waals surface area contributed by atoms with Crippen LogP contribution in [0, 0.1) is 17.3 Å². The molecular weight excluding hydrogens is 288 g/mol. The van der Waals surface area contributed by atoms with E-state index in [1.165, 1.54) is 13.3 Å². The summed E-state index contributed by atoms with van der Waals surface area (Å²) < 4.78 is 5.15. The highest BCUT2D eigenvalue weighted by atomic mass is 16.5. The molecule has 23 heavy (non-hydrogen) atoms. The van der Waals surface area contributed by atoms with Crippen LogP contribution in [-0.4, -0.2) is 11.8 Å². The molecule has 0 aliphatic heterocycles. The standard InChI is InChI=1S/C20H22O3/c1-12(21)23-13-5-6-14-15-7-9-20(2)8-3-4-18(20)16(15)11-19(22)17(14)10-13/h3,5-6,8,10,15-16,18H,4,7,9,11H2,1-2H3/t15?,16?,18?,20-/m0/s1. The van der Waals surface area contributed by atoms with Crippen molar-refractivity contribution in [2.45, 2.75) is 45.4 Å². The van der Waals surface area contributed by atoms with Crippen molar-refractivity contribution in [3.63, 3.8) is 0 Å². The Labute approximate surface area is 136 Å². The fourth-order valence-electron chi connectivity index (χ4n) is 5.09. The lowest BCUT2D eigenvalue weighted by molar-refractivity contribution is -0.131. The maximum absolute atomic E-state index is 12.7. The quantitative estimate of drug-likeness (QED) is 0.442. The van der Waals surface area contributed by atoms with Crippen molar-refractivity contribution in [2.24, 2.45) is 17.3 Å². The summed E-state index contributed by atoms with van der Waals surface area (Å²) in [4.78, 5) is 23.8. The highest BCUT2D eigenvalue weighted by Crippen LogP contribution is 2.58. The van der Waals surface area contributed by atoms with E-state index < -0.39 is 0 Å². The number of fused-ring (bicyclic) bond motifs is 5. The molecule has 0 bridgehead atoms. The first-order chi connectivity index (χ1) is 11.0. The molecule has 0 heterocycles. The minimum atomic E-state index is -0.350. The number of hydrogen-bond donors (Lipinski definition) is 0. The predicted molar refractivity (Wildman–Crippen MR) is 87.5 cm³/mol. The fraction of sp³-hybridized carbons (Fsp3) is 0.500. The summed E-state index contributed by atoms with van der Waals surface area (Å²) in [6, 6.07) is 5.60. The molecule has 1 saturated carbocycles. The second-order valence-electron chi connectivity index (χ2n) is 7.53. The summed E-state index contributed by atoms with van der Waals surface area (Å²) in [6.45, 7) is 3.73. The number of ketones is 1. The molecule has 3 aliphatic carbocycles. The molecule has 4 atom stereocenters. The van der Waals surface area contributed by atoms with Gasteiger partial charge in [0.1, 0.15) is 5.75 Å². The van der Waals surface area contributed by atoms with Crippen LogP contribution in [0.2, 0.25) is 0 Å². The summed E-state index contributed by atoms with van der Waals surface area (Å²) >= 11 is 0. The molecular formula is C20H22O3. The second-order valence-corrected chi connectivity index (χ2v) is 7.53. The number of esters is 1.